The number of nitrogens with one attached hydrogen (secondary N) is 1. The summed E-state index contributed by atoms with van der Waals surface area (Å²) in [6.45, 7) is 6.24. The van der Waals surface area contributed by atoms with Crippen LogP contribution in [0.25, 0.3) is 0 Å². The summed E-state index contributed by atoms with van der Waals surface area (Å²) in [7, 11) is 1.70. The highest BCUT2D eigenvalue weighted by molar-refractivity contribution is 5.39. The lowest BCUT2D eigenvalue weighted by Crippen LogP contribution is -2.29. The topological polar surface area (TPSA) is 21.3 Å². The van der Waals surface area contributed by atoms with E-state index in [0.29, 0.717) is 0 Å². The normalized spacial score (nSPS) is 13.8. The van der Waals surface area contributed by atoms with Crippen LogP contribution in [0.15, 0.2) is 18.2 Å². The van der Waals surface area contributed by atoms with Gasteiger partial charge in [-0.25, -0.2) is 0 Å². The second-order valence-electron chi connectivity index (χ2n) is 4.26. The highest BCUT2D eigenvalue weighted by Gasteiger charge is 2.13. The molecule has 0 bridgehead atoms. The first-order valence-corrected chi connectivity index (χ1v) is 5.99. The van der Waals surface area contributed by atoms with Crippen LogP contribution in [0.2, 0.25) is 0 Å². The molecule has 1 rings (SSSR count). The summed E-state index contributed by atoms with van der Waals surface area (Å²) in [5, 5.41) is 3.41. The van der Waals surface area contributed by atoms with E-state index in [-0.39, 0.29) is 12.1 Å². The minimum Gasteiger partial charge on any atom is -0.496 e. The SMILES string of the molecule is C#CC(CC)NC(C)c1ccc(C)cc1OC. The van der Waals surface area contributed by atoms with Crippen molar-refractivity contribution in [2.45, 2.75) is 39.3 Å². The highest BCUT2D eigenvalue weighted by atomic mass is 16.5. The number of ether oxygens (including phenoxy) is 1. The van der Waals surface area contributed by atoms with Crippen molar-refractivity contribution in [2.24, 2.45) is 0 Å². The van der Waals surface area contributed by atoms with Gasteiger partial charge in [-0.3, -0.25) is 5.32 Å². The van der Waals surface area contributed by atoms with E-state index in [1.165, 1.54) is 5.56 Å². The molecule has 0 saturated heterocycles. The molecule has 1 N–H and O–H groups in total. The largest absolute Gasteiger partial charge is 0.496 e. The maximum Gasteiger partial charge on any atom is 0.123 e. The number of terminal acetylenes is 1. The third kappa shape index (κ3) is 3.51. The highest BCUT2D eigenvalue weighted by Crippen LogP contribution is 2.26. The molecule has 92 valence electrons. The molecule has 0 aliphatic carbocycles. The minimum atomic E-state index is 0.107. The first kappa shape index (κ1) is 13.6. The first-order valence-electron chi connectivity index (χ1n) is 5.99. The van der Waals surface area contributed by atoms with E-state index in [1.807, 2.05) is 6.07 Å². The first-order chi connectivity index (χ1) is 8.12. The fourth-order valence-electron chi connectivity index (χ4n) is 1.85. The molecule has 0 aliphatic rings. The zero-order valence-corrected chi connectivity index (χ0v) is 11.1. The van der Waals surface area contributed by atoms with Gasteiger partial charge in [-0.2, -0.15) is 0 Å². The summed E-state index contributed by atoms with van der Waals surface area (Å²) in [5.74, 6) is 3.66. The van der Waals surface area contributed by atoms with Crippen LogP contribution in [0.4, 0.5) is 0 Å². The number of methoxy groups -OCH3 is 1. The molecule has 2 nitrogen and oxygen atoms in total. The van der Waals surface area contributed by atoms with Gasteiger partial charge < -0.3 is 4.74 Å². The Morgan fingerprint density at radius 1 is 1.47 bits per heavy atom. The van der Waals surface area contributed by atoms with Crippen LogP contribution in [-0.2, 0) is 0 Å². The molecule has 0 saturated carbocycles. The second-order valence-corrected chi connectivity index (χ2v) is 4.26. The standard InChI is InChI=1S/C15H21NO/c1-6-13(7-2)16-12(4)14-9-8-11(3)10-15(14)17-5/h1,8-10,12-13,16H,7H2,2-5H3. The van der Waals surface area contributed by atoms with Gasteiger partial charge in [-0.1, -0.05) is 25.0 Å². The smallest absolute Gasteiger partial charge is 0.123 e. The van der Waals surface area contributed by atoms with Gasteiger partial charge in [-0.05, 0) is 31.9 Å². The average molecular weight is 231 g/mol. The molecule has 0 amide bonds. The van der Waals surface area contributed by atoms with Crippen LogP contribution in [0, 0.1) is 19.3 Å². The Hall–Kier alpha value is -1.46. The Balaban J connectivity index is 2.88. The molecule has 2 heteroatoms. The van der Waals surface area contributed by atoms with Gasteiger partial charge in [0, 0.05) is 11.6 Å². The second kappa shape index (κ2) is 6.32. The molecule has 1 aromatic carbocycles. The van der Waals surface area contributed by atoms with Crippen LogP contribution in [0.3, 0.4) is 0 Å². The molecular formula is C15H21NO. The molecule has 0 radical (unpaired) electrons. The Morgan fingerprint density at radius 3 is 2.71 bits per heavy atom. The van der Waals surface area contributed by atoms with Crippen molar-refractivity contribution in [2.75, 3.05) is 7.11 Å². The monoisotopic (exact) mass is 231 g/mol. The van der Waals surface area contributed by atoms with Crippen molar-refractivity contribution >= 4 is 0 Å². The lowest BCUT2D eigenvalue weighted by Gasteiger charge is -2.20. The number of hydrogen-bond acceptors (Lipinski definition) is 2. The zero-order chi connectivity index (χ0) is 12.8. The molecule has 17 heavy (non-hydrogen) atoms. The predicted octanol–water partition coefficient (Wildman–Crippen LogP) is 3.07. The summed E-state index contributed by atoms with van der Waals surface area (Å²) in [6, 6.07) is 6.52. The van der Waals surface area contributed by atoms with Gasteiger partial charge in [-0.15, -0.1) is 6.42 Å². The van der Waals surface area contributed by atoms with Gasteiger partial charge in [0.15, 0.2) is 0 Å². The molecular weight excluding hydrogens is 210 g/mol. The Morgan fingerprint density at radius 2 is 2.18 bits per heavy atom. The van der Waals surface area contributed by atoms with E-state index in [0.717, 1.165) is 17.7 Å². The van der Waals surface area contributed by atoms with Crippen LogP contribution >= 0.6 is 0 Å². The van der Waals surface area contributed by atoms with Gasteiger partial charge >= 0.3 is 0 Å². The van der Waals surface area contributed by atoms with Gasteiger partial charge in [0.1, 0.15) is 5.75 Å². The molecule has 0 heterocycles. The molecule has 0 spiro atoms. The predicted molar refractivity (Wildman–Crippen MR) is 72.2 cm³/mol. The van der Waals surface area contributed by atoms with Crippen molar-refractivity contribution in [3.63, 3.8) is 0 Å². The molecule has 0 aliphatic heterocycles. The molecule has 0 fully saturated rings. The lowest BCUT2D eigenvalue weighted by atomic mass is 10.0. The average Bonchev–Trinajstić information content (AvgIpc) is 2.35. The van der Waals surface area contributed by atoms with E-state index in [9.17, 15) is 0 Å². The number of benzene rings is 1. The molecule has 1 aromatic rings. The molecule has 2 unspecified atom stereocenters. The van der Waals surface area contributed by atoms with Gasteiger partial charge in [0.25, 0.3) is 0 Å². The number of aryl methyl sites for hydroxylation is 1. The Labute approximate surface area is 104 Å². The zero-order valence-electron chi connectivity index (χ0n) is 11.1. The van der Waals surface area contributed by atoms with E-state index in [4.69, 9.17) is 11.2 Å². The van der Waals surface area contributed by atoms with Crippen molar-refractivity contribution in [3.8, 4) is 18.1 Å². The maximum atomic E-state index is 5.46. The molecule has 0 aromatic heterocycles. The van der Waals surface area contributed by atoms with Crippen LogP contribution in [0.1, 0.15) is 37.4 Å². The minimum absolute atomic E-state index is 0.107. The third-order valence-electron chi connectivity index (χ3n) is 2.92. The summed E-state index contributed by atoms with van der Waals surface area (Å²) >= 11 is 0. The number of hydrogen-bond donors (Lipinski definition) is 1. The van der Waals surface area contributed by atoms with Gasteiger partial charge in [0.2, 0.25) is 0 Å². The Kier molecular flexibility index (Phi) is 5.06. The van der Waals surface area contributed by atoms with Crippen LogP contribution in [-0.4, -0.2) is 13.2 Å². The van der Waals surface area contributed by atoms with Crippen molar-refractivity contribution in [1.82, 2.24) is 5.32 Å². The van der Waals surface area contributed by atoms with Gasteiger partial charge in [0.05, 0.1) is 13.2 Å². The quantitative estimate of drug-likeness (QED) is 0.786. The van der Waals surface area contributed by atoms with Crippen molar-refractivity contribution in [3.05, 3.63) is 29.3 Å². The fourth-order valence-corrected chi connectivity index (χ4v) is 1.85. The molecule has 2 atom stereocenters. The fraction of sp³-hybridized carbons (Fsp3) is 0.467. The Bertz CT molecular complexity index is 406. The summed E-state index contributed by atoms with van der Waals surface area (Å²) < 4.78 is 5.40. The van der Waals surface area contributed by atoms with E-state index >= 15 is 0 Å². The van der Waals surface area contributed by atoms with E-state index in [1.54, 1.807) is 7.11 Å². The van der Waals surface area contributed by atoms with E-state index < -0.39 is 0 Å². The van der Waals surface area contributed by atoms with Crippen LogP contribution < -0.4 is 10.1 Å². The maximum absolute atomic E-state index is 5.46. The number of rotatable bonds is 5. The summed E-state index contributed by atoms with van der Waals surface area (Å²) in [5.41, 5.74) is 2.34. The van der Waals surface area contributed by atoms with Crippen molar-refractivity contribution in [1.29, 1.82) is 0 Å². The van der Waals surface area contributed by atoms with Crippen molar-refractivity contribution < 1.29 is 4.74 Å². The summed E-state index contributed by atoms with van der Waals surface area (Å²) in [4.78, 5) is 0. The van der Waals surface area contributed by atoms with E-state index in [2.05, 4.69) is 44.1 Å². The lowest BCUT2D eigenvalue weighted by molar-refractivity contribution is 0.398. The summed E-state index contributed by atoms with van der Waals surface area (Å²) in [6.07, 6.45) is 6.39. The van der Waals surface area contributed by atoms with Crippen LogP contribution in [0.5, 0.6) is 5.75 Å². The third-order valence-corrected chi connectivity index (χ3v) is 2.92.